The van der Waals surface area contributed by atoms with E-state index in [0.717, 1.165) is 25.9 Å². The second kappa shape index (κ2) is 4.82. The molecule has 2 aliphatic rings. The summed E-state index contributed by atoms with van der Waals surface area (Å²) < 4.78 is 5.36. The fourth-order valence-electron chi connectivity index (χ4n) is 3.04. The van der Waals surface area contributed by atoms with Crippen molar-refractivity contribution in [3.8, 4) is 0 Å². The minimum atomic E-state index is -0.621. The number of hydrogen-bond acceptors (Lipinski definition) is 4. The van der Waals surface area contributed by atoms with Gasteiger partial charge in [-0.05, 0) is 65.5 Å². The third-order valence-corrected chi connectivity index (χ3v) is 4.04. The lowest BCUT2D eigenvalue weighted by Crippen LogP contribution is -2.55. The second-order valence-electron chi connectivity index (χ2n) is 6.77. The van der Waals surface area contributed by atoms with Gasteiger partial charge in [0.2, 0.25) is 0 Å². The van der Waals surface area contributed by atoms with Crippen LogP contribution in [-0.4, -0.2) is 35.4 Å². The Morgan fingerprint density at radius 1 is 1.28 bits per heavy atom. The van der Waals surface area contributed by atoms with Gasteiger partial charge in [-0.15, -0.1) is 0 Å². The fraction of sp³-hybridized carbons (Fsp3) is 0.929. The number of ether oxygens (including phenoxy) is 1. The van der Waals surface area contributed by atoms with Crippen molar-refractivity contribution in [1.29, 1.82) is 0 Å². The zero-order valence-electron chi connectivity index (χ0n) is 11.7. The van der Waals surface area contributed by atoms with Crippen molar-refractivity contribution in [2.75, 3.05) is 13.1 Å². The van der Waals surface area contributed by atoms with Gasteiger partial charge in [-0.2, -0.15) is 0 Å². The predicted octanol–water partition coefficient (Wildman–Crippen LogP) is 1.47. The van der Waals surface area contributed by atoms with Crippen LogP contribution >= 0.6 is 0 Å². The van der Waals surface area contributed by atoms with Crippen molar-refractivity contribution in [3.63, 3.8) is 0 Å². The molecule has 0 unspecified atom stereocenters. The number of nitrogens with one attached hydrogen (secondary N) is 1. The third-order valence-electron chi connectivity index (χ3n) is 4.04. The summed E-state index contributed by atoms with van der Waals surface area (Å²) in [6.45, 7) is 7.59. The molecule has 1 aliphatic carbocycles. The van der Waals surface area contributed by atoms with Crippen LogP contribution in [0.4, 0.5) is 0 Å². The fourth-order valence-corrected chi connectivity index (χ4v) is 3.04. The van der Waals surface area contributed by atoms with Gasteiger partial charge < -0.3 is 15.2 Å². The summed E-state index contributed by atoms with van der Waals surface area (Å²) in [6, 6.07) is 0. The molecule has 0 aromatic rings. The highest BCUT2D eigenvalue weighted by molar-refractivity contribution is 5.74. The van der Waals surface area contributed by atoms with Crippen LogP contribution < -0.4 is 5.32 Å². The molecule has 104 valence electrons. The number of aliphatic hydroxyl groups is 1. The molecule has 1 saturated heterocycles. The molecule has 1 heterocycles. The van der Waals surface area contributed by atoms with Crippen LogP contribution in [0.15, 0.2) is 0 Å². The highest BCUT2D eigenvalue weighted by atomic mass is 16.6. The molecule has 4 heteroatoms. The number of piperidine rings is 1. The first-order valence-electron chi connectivity index (χ1n) is 6.96. The van der Waals surface area contributed by atoms with Gasteiger partial charge in [0.1, 0.15) is 5.60 Å². The van der Waals surface area contributed by atoms with E-state index in [-0.39, 0.29) is 11.9 Å². The van der Waals surface area contributed by atoms with E-state index in [9.17, 15) is 9.90 Å². The number of rotatable bonds is 2. The molecule has 1 saturated carbocycles. The van der Waals surface area contributed by atoms with Gasteiger partial charge in [0.05, 0.1) is 11.5 Å². The molecule has 0 bridgehead atoms. The second-order valence-corrected chi connectivity index (χ2v) is 6.77. The van der Waals surface area contributed by atoms with Gasteiger partial charge in [0.25, 0.3) is 0 Å². The van der Waals surface area contributed by atoms with Crippen molar-refractivity contribution in [3.05, 3.63) is 0 Å². The molecule has 0 aromatic carbocycles. The number of carbonyl (C=O) groups is 1. The van der Waals surface area contributed by atoms with E-state index in [0.29, 0.717) is 18.8 Å². The SMILES string of the molecule is CC(C)(C)OC(=O)C1CC(O)(C2CCNCC2)C1. The Balaban J connectivity index is 1.83. The predicted molar refractivity (Wildman–Crippen MR) is 69.1 cm³/mol. The third kappa shape index (κ3) is 3.04. The molecule has 0 atom stereocenters. The molecule has 0 aromatic heterocycles. The van der Waals surface area contributed by atoms with Crippen LogP contribution in [0.1, 0.15) is 46.5 Å². The minimum Gasteiger partial charge on any atom is -0.460 e. The number of hydrogen-bond donors (Lipinski definition) is 2. The van der Waals surface area contributed by atoms with E-state index in [4.69, 9.17) is 4.74 Å². The van der Waals surface area contributed by atoms with Crippen molar-refractivity contribution in [2.24, 2.45) is 11.8 Å². The summed E-state index contributed by atoms with van der Waals surface area (Å²) in [5.74, 6) is 0.0858. The van der Waals surface area contributed by atoms with Crippen molar-refractivity contribution < 1.29 is 14.6 Å². The zero-order valence-corrected chi connectivity index (χ0v) is 11.7. The average Bonchev–Trinajstić information content (AvgIpc) is 2.23. The molecular formula is C14H25NO3. The van der Waals surface area contributed by atoms with Crippen LogP contribution in [-0.2, 0) is 9.53 Å². The van der Waals surface area contributed by atoms with Crippen LogP contribution in [0.5, 0.6) is 0 Å². The first kappa shape index (κ1) is 13.8. The van der Waals surface area contributed by atoms with E-state index in [1.54, 1.807) is 0 Å². The summed E-state index contributed by atoms with van der Waals surface area (Å²) in [7, 11) is 0. The average molecular weight is 255 g/mol. The van der Waals surface area contributed by atoms with Gasteiger partial charge in [-0.1, -0.05) is 0 Å². The van der Waals surface area contributed by atoms with Crippen molar-refractivity contribution in [2.45, 2.75) is 57.7 Å². The number of esters is 1. The Hall–Kier alpha value is -0.610. The molecule has 1 aliphatic heterocycles. The van der Waals surface area contributed by atoms with Crippen molar-refractivity contribution >= 4 is 5.97 Å². The quantitative estimate of drug-likeness (QED) is 0.734. The highest BCUT2D eigenvalue weighted by Gasteiger charge is 2.51. The maximum absolute atomic E-state index is 11.9. The minimum absolute atomic E-state index is 0.107. The largest absolute Gasteiger partial charge is 0.460 e. The van der Waals surface area contributed by atoms with E-state index in [1.807, 2.05) is 20.8 Å². The lowest BCUT2D eigenvalue weighted by atomic mass is 9.62. The normalized spacial score (nSPS) is 33.9. The smallest absolute Gasteiger partial charge is 0.309 e. The maximum Gasteiger partial charge on any atom is 0.309 e. The summed E-state index contributed by atoms with van der Waals surface area (Å²) in [6.07, 6.45) is 3.17. The van der Waals surface area contributed by atoms with Gasteiger partial charge in [-0.3, -0.25) is 4.79 Å². The van der Waals surface area contributed by atoms with E-state index < -0.39 is 11.2 Å². The molecule has 2 N–H and O–H groups in total. The first-order chi connectivity index (χ1) is 8.30. The first-order valence-corrected chi connectivity index (χ1v) is 6.96. The van der Waals surface area contributed by atoms with Crippen molar-refractivity contribution in [1.82, 2.24) is 5.32 Å². The van der Waals surface area contributed by atoms with E-state index in [2.05, 4.69) is 5.32 Å². The Bertz CT molecular complexity index is 309. The summed E-state index contributed by atoms with van der Waals surface area (Å²) in [5, 5.41) is 13.8. The van der Waals surface area contributed by atoms with Gasteiger partial charge in [-0.25, -0.2) is 0 Å². The number of carbonyl (C=O) groups excluding carboxylic acids is 1. The van der Waals surface area contributed by atoms with Crippen LogP contribution in [0.25, 0.3) is 0 Å². The zero-order chi connectivity index (χ0) is 13.4. The monoisotopic (exact) mass is 255 g/mol. The Kier molecular flexibility index (Phi) is 3.70. The lowest BCUT2D eigenvalue weighted by molar-refractivity contribution is -0.183. The van der Waals surface area contributed by atoms with Crippen LogP contribution in [0, 0.1) is 11.8 Å². The standard InChI is InChI=1S/C14H25NO3/c1-13(2,3)18-12(16)10-8-14(17,9-10)11-4-6-15-7-5-11/h10-11,15,17H,4-9H2,1-3H3. The lowest BCUT2D eigenvalue weighted by Gasteiger charge is -2.49. The summed E-state index contributed by atoms with van der Waals surface area (Å²) in [5.41, 5.74) is -1.05. The molecule has 2 fully saturated rings. The van der Waals surface area contributed by atoms with Gasteiger partial charge in [0, 0.05) is 0 Å². The molecule has 0 spiro atoms. The van der Waals surface area contributed by atoms with Crippen LogP contribution in [0.3, 0.4) is 0 Å². The molecule has 0 radical (unpaired) electrons. The molecule has 2 rings (SSSR count). The van der Waals surface area contributed by atoms with E-state index >= 15 is 0 Å². The van der Waals surface area contributed by atoms with Gasteiger partial charge >= 0.3 is 5.97 Å². The molecular weight excluding hydrogens is 230 g/mol. The topological polar surface area (TPSA) is 58.6 Å². The molecule has 18 heavy (non-hydrogen) atoms. The Labute approximate surface area is 109 Å². The Morgan fingerprint density at radius 3 is 2.33 bits per heavy atom. The maximum atomic E-state index is 11.9. The van der Waals surface area contributed by atoms with Gasteiger partial charge in [0.15, 0.2) is 0 Å². The molecule has 4 nitrogen and oxygen atoms in total. The highest BCUT2D eigenvalue weighted by Crippen LogP contribution is 2.46. The Morgan fingerprint density at radius 2 is 1.83 bits per heavy atom. The van der Waals surface area contributed by atoms with Crippen LogP contribution in [0.2, 0.25) is 0 Å². The summed E-state index contributed by atoms with van der Waals surface area (Å²) >= 11 is 0. The molecule has 0 amide bonds. The summed E-state index contributed by atoms with van der Waals surface area (Å²) in [4.78, 5) is 11.9. The van der Waals surface area contributed by atoms with E-state index in [1.165, 1.54) is 0 Å².